The average Bonchev–Trinajstić information content (AvgIpc) is 2.39. The van der Waals surface area contributed by atoms with Gasteiger partial charge in [0.1, 0.15) is 11.7 Å². The van der Waals surface area contributed by atoms with E-state index < -0.39 is 23.9 Å². The predicted molar refractivity (Wildman–Crippen MR) is 70.6 cm³/mol. The van der Waals surface area contributed by atoms with Gasteiger partial charge in [-0.05, 0) is 32.0 Å². The third kappa shape index (κ3) is 2.71. The van der Waals surface area contributed by atoms with Gasteiger partial charge in [-0.3, -0.25) is 14.4 Å². The maximum absolute atomic E-state index is 11.6. The molecule has 0 aromatic heterocycles. The summed E-state index contributed by atoms with van der Waals surface area (Å²) in [5.74, 6) is -2.77. The molecule has 0 saturated carbocycles. The molecule has 2 amide bonds. The van der Waals surface area contributed by atoms with E-state index in [-0.39, 0.29) is 5.91 Å². The molecule has 1 aliphatic heterocycles. The average molecular weight is 278 g/mol. The van der Waals surface area contributed by atoms with Crippen LogP contribution in [0, 0.1) is 5.92 Å². The van der Waals surface area contributed by atoms with E-state index in [2.05, 4.69) is 10.6 Å². The molecule has 0 spiro atoms. The lowest BCUT2D eigenvalue weighted by molar-refractivity contribution is -0.144. The Kier molecular flexibility index (Phi) is 3.60. The standard InChI is InChI=1S/C13H14N2O5/c1-6(13(18)19)11(16)14-8-3-4-10-9(5-8)15-12(17)7(2)20-10/h3-7H,1-2H3,(H,14,16)(H,15,17)(H,18,19). The molecule has 0 radical (unpaired) electrons. The van der Waals surface area contributed by atoms with Gasteiger partial charge in [-0.25, -0.2) is 0 Å². The van der Waals surface area contributed by atoms with E-state index in [9.17, 15) is 14.4 Å². The molecule has 1 heterocycles. The number of fused-ring (bicyclic) bond motifs is 1. The van der Waals surface area contributed by atoms with E-state index in [1.165, 1.54) is 13.0 Å². The van der Waals surface area contributed by atoms with Crippen LogP contribution in [-0.4, -0.2) is 29.0 Å². The number of carbonyl (C=O) groups excluding carboxylic acids is 2. The minimum atomic E-state index is -1.20. The van der Waals surface area contributed by atoms with Crippen molar-refractivity contribution in [2.24, 2.45) is 5.92 Å². The lowest BCUT2D eigenvalue weighted by Crippen LogP contribution is -2.34. The number of carboxylic acids is 1. The second-order valence-corrected chi connectivity index (χ2v) is 4.51. The van der Waals surface area contributed by atoms with Gasteiger partial charge in [0, 0.05) is 5.69 Å². The highest BCUT2D eigenvalue weighted by molar-refractivity contribution is 6.04. The zero-order valence-corrected chi connectivity index (χ0v) is 11.0. The number of hydrogen-bond donors (Lipinski definition) is 3. The van der Waals surface area contributed by atoms with Gasteiger partial charge in [0.25, 0.3) is 5.91 Å². The molecular weight excluding hydrogens is 264 g/mol. The van der Waals surface area contributed by atoms with E-state index in [1.54, 1.807) is 19.1 Å². The number of rotatable bonds is 3. The number of anilines is 2. The highest BCUT2D eigenvalue weighted by atomic mass is 16.5. The first-order valence-electron chi connectivity index (χ1n) is 6.03. The highest BCUT2D eigenvalue weighted by Gasteiger charge is 2.24. The van der Waals surface area contributed by atoms with Crippen LogP contribution in [0.15, 0.2) is 18.2 Å². The van der Waals surface area contributed by atoms with E-state index >= 15 is 0 Å². The van der Waals surface area contributed by atoms with E-state index in [4.69, 9.17) is 9.84 Å². The van der Waals surface area contributed by atoms with Crippen LogP contribution in [-0.2, 0) is 14.4 Å². The molecule has 7 heteroatoms. The van der Waals surface area contributed by atoms with Crippen molar-refractivity contribution in [3.63, 3.8) is 0 Å². The zero-order chi connectivity index (χ0) is 14.9. The lowest BCUT2D eigenvalue weighted by Gasteiger charge is -2.23. The molecule has 0 saturated heterocycles. The summed E-state index contributed by atoms with van der Waals surface area (Å²) < 4.78 is 5.37. The summed E-state index contributed by atoms with van der Waals surface area (Å²) in [5.41, 5.74) is 0.828. The molecule has 1 aromatic rings. The van der Waals surface area contributed by atoms with E-state index in [0.717, 1.165) is 0 Å². The second-order valence-electron chi connectivity index (χ2n) is 4.51. The fourth-order valence-electron chi connectivity index (χ4n) is 1.65. The number of carbonyl (C=O) groups is 3. The van der Waals surface area contributed by atoms with Crippen molar-refractivity contribution >= 4 is 29.2 Å². The van der Waals surface area contributed by atoms with Gasteiger partial charge in [-0.2, -0.15) is 0 Å². The Morgan fingerprint density at radius 3 is 2.80 bits per heavy atom. The second kappa shape index (κ2) is 5.20. The number of carboxylic acid groups (broad SMARTS) is 1. The predicted octanol–water partition coefficient (Wildman–Crippen LogP) is 1.07. The Morgan fingerprint density at radius 1 is 1.45 bits per heavy atom. The summed E-state index contributed by atoms with van der Waals surface area (Å²) in [6.45, 7) is 2.92. The largest absolute Gasteiger partial charge is 0.481 e. The van der Waals surface area contributed by atoms with Crippen LogP contribution in [0.4, 0.5) is 11.4 Å². The number of hydrogen-bond acceptors (Lipinski definition) is 4. The number of nitrogens with one attached hydrogen (secondary N) is 2. The SMILES string of the molecule is CC1Oc2ccc(NC(=O)C(C)C(=O)O)cc2NC1=O. The molecule has 3 N–H and O–H groups in total. The molecule has 0 bridgehead atoms. The molecule has 2 atom stereocenters. The molecule has 2 rings (SSSR count). The highest BCUT2D eigenvalue weighted by Crippen LogP contribution is 2.32. The first-order valence-corrected chi connectivity index (χ1v) is 6.03. The molecule has 20 heavy (non-hydrogen) atoms. The maximum Gasteiger partial charge on any atom is 0.315 e. The normalized spacial score (nSPS) is 18.3. The minimum Gasteiger partial charge on any atom is -0.481 e. The van der Waals surface area contributed by atoms with Crippen LogP contribution in [0.5, 0.6) is 5.75 Å². The smallest absolute Gasteiger partial charge is 0.315 e. The first kappa shape index (κ1) is 13.9. The number of ether oxygens (including phenoxy) is 1. The molecule has 2 unspecified atom stereocenters. The maximum atomic E-state index is 11.6. The van der Waals surface area contributed by atoms with Gasteiger partial charge in [-0.15, -0.1) is 0 Å². The summed E-state index contributed by atoms with van der Waals surface area (Å²) in [6, 6.07) is 4.70. The van der Waals surface area contributed by atoms with Crippen LogP contribution in [0.2, 0.25) is 0 Å². The summed E-state index contributed by atoms with van der Waals surface area (Å²) in [4.78, 5) is 33.8. The Hall–Kier alpha value is -2.57. The van der Waals surface area contributed by atoms with Crippen molar-refractivity contribution in [1.82, 2.24) is 0 Å². The van der Waals surface area contributed by atoms with Gasteiger partial charge < -0.3 is 20.5 Å². The fourth-order valence-corrected chi connectivity index (χ4v) is 1.65. The van der Waals surface area contributed by atoms with Gasteiger partial charge in [-0.1, -0.05) is 0 Å². The van der Waals surface area contributed by atoms with Crippen LogP contribution >= 0.6 is 0 Å². The number of aliphatic carboxylic acids is 1. The van der Waals surface area contributed by atoms with Crippen LogP contribution in [0.3, 0.4) is 0 Å². The molecule has 1 aliphatic rings. The Labute approximate surface area is 114 Å². The third-order valence-corrected chi connectivity index (χ3v) is 2.94. The number of benzene rings is 1. The van der Waals surface area contributed by atoms with Crippen LogP contribution < -0.4 is 15.4 Å². The quantitative estimate of drug-likeness (QED) is 0.717. The van der Waals surface area contributed by atoms with Gasteiger partial charge in [0.2, 0.25) is 5.91 Å². The van der Waals surface area contributed by atoms with Crippen LogP contribution in [0.1, 0.15) is 13.8 Å². The molecular formula is C13H14N2O5. The molecule has 0 aliphatic carbocycles. The van der Waals surface area contributed by atoms with Crippen LogP contribution in [0.25, 0.3) is 0 Å². The topological polar surface area (TPSA) is 105 Å². The fraction of sp³-hybridized carbons (Fsp3) is 0.308. The Morgan fingerprint density at radius 2 is 2.15 bits per heavy atom. The Balaban J connectivity index is 2.16. The summed E-state index contributed by atoms with van der Waals surface area (Å²) >= 11 is 0. The van der Waals surface area contributed by atoms with E-state index in [1.807, 2.05) is 0 Å². The van der Waals surface area contributed by atoms with Crippen molar-refractivity contribution in [3.05, 3.63) is 18.2 Å². The number of amides is 2. The molecule has 0 fully saturated rings. The van der Waals surface area contributed by atoms with Crippen molar-refractivity contribution in [1.29, 1.82) is 0 Å². The summed E-state index contributed by atoms with van der Waals surface area (Å²) in [6.07, 6.45) is -0.574. The monoisotopic (exact) mass is 278 g/mol. The minimum absolute atomic E-state index is 0.278. The van der Waals surface area contributed by atoms with Crippen molar-refractivity contribution in [3.8, 4) is 5.75 Å². The molecule has 7 nitrogen and oxygen atoms in total. The molecule has 106 valence electrons. The van der Waals surface area contributed by atoms with Gasteiger partial charge in [0.05, 0.1) is 5.69 Å². The molecule has 1 aromatic carbocycles. The Bertz CT molecular complexity index is 584. The summed E-state index contributed by atoms with van der Waals surface area (Å²) in [5, 5.41) is 13.9. The van der Waals surface area contributed by atoms with Gasteiger partial charge in [0.15, 0.2) is 6.10 Å². The van der Waals surface area contributed by atoms with Crippen molar-refractivity contribution in [2.75, 3.05) is 10.6 Å². The van der Waals surface area contributed by atoms with E-state index in [0.29, 0.717) is 17.1 Å². The zero-order valence-electron chi connectivity index (χ0n) is 11.0. The van der Waals surface area contributed by atoms with Crippen molar-refractivity contribution < 1.29 is 24.2 Å². The third-order valence-electron chi connectivity index (χ3n) is 2.94. The lowest BCUT2D eigenvalue weighted by atomic mass is 10.1. The van der Waals surface area contributed by atoms with Gasteiger partial charge >= 0.3 is 5.97 Å². The van der Waals surface area contributed by atoms with Crippen molar-refractivity contribution in [2.45, 2.75) is 20.0 Å². The first-order chi connectivity index (χ1) is 9.38. The summed E-state index contributed by atoms with van der Waals surface area (Å²) in [7, 11) is 0.